The summed E-state index contributed by atoms with van der Waals surface area (Å²) in [7, 11) is -4.09. The molecular weight excluding hydrogens is 565 g/mol. The summed E-state index contributed by atoms with van der Waals surface area (Å²) in [6, 6.07) is 22.0. The number of sulfonamides is 1. The molecule has 0 radical (unpaired) electrons. The number of non-ortho nitro benzene ring substituents is 1. The molecule has 0 aliphatic heterocycles. The highest BCUT2D eigenvalue weighted by Crippen LogP contribution is 2.30. The lowest BCUT2D eigenvalue weighted by molar-refractivity contribution is -0.384. The van der Waals surface area contributed by atoms with Crippen molar-refractivity contribution < 1.29 is 22.9 Å². The standard InChI is InChI=1S/C27H21Cl2N3O6S/c1-17(18-6-9-20(10-7-18)32(34)35)30-27(33)23-16-19(28)8-15-25(23)31-39(36,37)22-13-11-21(12-14-22)38-26-5-3-2-4-24(26)29/h2-17,31H,1H3,(H,30,33)/t17-/m0/s1. The Morgan fingerprint density at radius 3 is 2.26 bits per heavy atom. The molecule has 0 fully saturated rings. The van der Waals surface area contributed by atoms with Gasteiger partial charge >= 0.3 is 0 Å². The Hall–Kier alpha value is -4.12. The number of anilines is 1. The van der Waals surface area contributed by atoms with E-state index in [-0.39, 0.29) is 26.9 Å². The summed E-state index contributed by atoms with van der Waals surface area (Å²) in [5, 5.41) is 14.3. The first-order valence-electron chi connectivity index (χ1n) is 11.4. The molecule has 1 amide bonds. The fraction of sp³-hybridized carbons (Fsp3) is 0.0741. The maximum absolute atomic E-state index is 13.1. The van der Waals surface area contributed by atoms with Crippen molar-refractivity contribution in [3.8, 4) is 11.5 Å². The van der Waals surface area contributed by atoms with Gasteiger partial charge in [0, 0.05) is 17.2 Å². The van der Waals surface area contributed by atoms with Crippen molar-refractivity contribution in [3.63, 3.8) is 0 Å². The Balaban J connectivity index is 1.51. The Kier molecular flexibility index (Phi) is 8.39. The van der Waals surface area contributed by atoms with Crippen LogP contribution in [0.15, 0.2) is 95.9 Å². The zero-order valence-electron chi connectivity index (χ0n) is 20.3. The monoisotopic (exact) mass is 585 g/mol. The molecule has 200 valence electrons. The van der Waals surface area contributed by atoms with Crippen LogP contribution in [0.2, 0.25) is 10.0 Å². The van der Waals surface area contributed by atoms with E-state index in [0.717, 1.165) is 0 Å². The molecule has 0 spiro atoms. The van der Waals surface area contributed by atoms with Crippen LogP contribution in [0.3, 0.4) is 0 Å². The molecule has 0 bridgehead atoms. The molecule has 2 N–H and O–H groups in total. The Morgan fingerprint density at radius 1 is 0.949 bits per heavy atom. The first kappa shape index (κ1) is 27.9. The van der Waals surface area contributed by atoms with Crippen LogP contribution >= 0.6 is 23.2 Å². The highest BCUT2D eigenvalue weighted by Gasteiger charge is 2.21. The minimum atomic E-state index is -4.09. The van der Waals surface area contributed by atoms with Gasteiger partial charge in [-0.25, -0.2) is 8.42 Å². The number of amides is 1. The number of hydrogen-bond acceptors (Lipinski definition) is 6. The van der Waals surface area contributed by atoms with Crippen molar-refractivity contribution in [2.24, 2.45) is 0 Å². The Labute approximate surface area is 234 Å². The second kappa shape index (κ2) is 11.7. The van der Waals surface area contributed by atoms with Gasteiger partial charge in [-0.1, -0.05) is 47.5 Å². The summed E-state index contributed by atoms with van der Waals surface area (Å²) >= 11 is 12.2. The summed E-state index contributed by atoms with van der Waals surface area (Å²) in [6.45, 7) is 1.69. The molecule has 0 saturated heterocycles. The van der Waals surface area contributed by atoms with Crippen molar-refractivity contribution >= 4 is 50.5 Å². The normalized spacial score (nSPS) is 11.9. The molecule has 0 unspecified atom stereocenters. The van der Waals surface area contributed by atoms with E-state index in [1.54, 1.807) is 31.2 Å². The minimum Gasteiger partial charge on any atom is -0.456 e. The zero-order valence-corrected chi connectivity index (χ0v) is 22.6. The maximum Gasteiger partial charge on any atom is 0.269 e. The predicted octanol–water partition coefficient (Wildman–Crippen LogP) is 6.99. The summed E-state index contributed by atoms with van der Waals surface area (Å²) in [4.78, 5) is 23.4. The van der Waals surface area contributed by atoms with Crippen molar-refractivity contribution in [1.29, 1.82) is 0 Å². The number of benzene rings is 4. The number of ether oxygens (including phenoxy) is 1. The molecule has 0 saturated carbocycles. The van der Waals surface area contributed by atoms with Crippen LogP contribution in [0.25, 0.3) is 0 Å². The van der Waals surface area contributed by atoms with E-state index in [0.29, 0.717) is 22.1 Å². The first-order chi connectivity index (χ1) is 18.5. The number of halogens is 2. The third kappa shape index (κ3) is 6.85. The fourth-order valence-electron chi connectivity index (χ4n) is 3.58. The summed E-state index contributed by atoms with van der Waals surface area (Å²) in [5.41, 5.74) is 0.562. The van der Waals surface area contributed by atoms with Crippen molar-refractivity contribution in [2.45, 2.75) is 17.9 Å². The average molecular weight is 586 g/mol. The molecular formula is C27H21Cl2N3O6S. The van der Waals surface area contributed by atoms with Gasteiger partial charge < -0.3 is 10.1 Å². The van der Waals surface area contributed by atoms with Crippen molar-refractivity contribution in [3.05, 3.63) is 122 Å². The lowest BCUT2D eigenvalue weighted by atomic mass is 10.1. The van der Waals surface area contributed by atoms with Gasteiger partial charge in [0.15, 0.2) is 0 Å². The Bertz CT molecular complexity index is 1630. The van der Waals surface area contributed by atoms with Gasteiger partial charge in [0.05, 0.1) is 32.1 Å². The van der Waals surface area contributed by atoms with Gasteiger partial charge in [-0.3, -0.25) is 19.6 Å². The molecule has 4 rings (SSSR count). The van der Waals surface area contributed by atoms with Gasteiger partial charge in [-0.2, -0.15) is 0 Å². The second-order valence-electron chi connectivity index (χ2n) is 8.34. The van der Waals surface area contributed by atoms with E-state index in [2.05, 4.69) is 10.0 Å². The number of carbonyl (C=O) groups is 1. The average Bonchev–Trinajstić information content (AvgIpc) is 2.91. The number of nitrogens with zero attached hydrogens (tertiary/aromatic N) is 1. The molecule has 4 aromatic carbocycles. The highest BCUT2D eigenvalue weighted by molar-refractivity contribution is 7.92. The van der Waals surface area contributed by atoms with Crippen LogP contribution in [-0.2, 0) is 10.0 Å². The third-order valence-corrected chi connectivity index (χ3v) is 7.55. The zero-order chi connectivity index (χ0) is 28.2. The second-order valence-corrected chi connectivity index (χ2v) is 10.9. The quantitative estimate of drug-likeness (QED) is 0.161. The topological polar surface area (TPSA) is 128 Å². The molecule has 39 heavy (non-hydrogen) atoms. The predicted molar refractivity (Wildman–Crippen MR) is 149 cm³/mol. The van der Waals surface area contributed by atoms with E-state index >= 15 is 0 Å². The SMILES string of the molecule is C[C@H](NC(=O)c1cc(Cl)ccc1NS(=O)(=O)c1ccc(Oc2ccccc2Cl)cc1)c1ccc([N+](=O)[O-])cc1. The van der Waals surface area contributed by atoms with Crippen LogP contribution in [0.5, 0.6) is 11.5 Å². The number of nitrogens with one attached hydrogen (secondary N) is 2. The summed E-state index contributed by atoms with van der Waals surface area (Å²) in [5.74, 6) is 0.214. The smallest absolute Gasteiger partial charge is 0.269 e. The number of hydrogen-bond donors (Lipinski definition) is 2. The van der Waals surface area contributed by atoms with Crippen molar-refractivity contribution in [1.82, 2.24) is 5.32 Å². The fourth-order valence-corrected chi connectivity index (χ4v) is 5.01. The van der Waals surface area contributed by atoms with Crippen LogP contribution in [-0.4, -0.2) is 19.2 Å². The molecule has 9 nitrogen and oxygen atoms in total. The number of rotatable bonds is 9. The number of carbonyl (C=O) groups excluding carboxylic acids is 1. The molecule has 0 aliphatic rings. The molecule has 1 atom stereocenters. The van der Waals surface area contributed by atoms with Crippen LogP contribution < -0.4 is 14.8 Å². The molecule has 0 aromatic heterocycles. The van der Waals surface area contributed by atoms with Gasteiger partial charge in [-0.05, 0) is 67.1 Å². The lowest BCUT2D eigenvalue weighted by Gasteiger charge is -2.17. The van der Waals surface area contributed by atoms with Crippen LogP contribution in [0, 0.1) is 10.1 Å². The summed E-state index contributed by atoms with van der Waals surface area (Å²) < 4.78 is 34.4. The van der Waals surface area contributed by atoms with Crippen molar-refractivity contribution in [2.75, 3.05) is 4.72 Å². The molecule has 12 heteroatoms. The van der Waals surface area contributed by atoms with Gasteiger partial charge in [-0.15, -0.1) is 0 Å². The van der Waals surface area contributed by atoms with Gasteiger partial charge in [0.25, 0.3) is 21.6 Å². The number of nitro benzene ring substituents is 1. The van der Waals surface area contributed by atoms with Crippen LogP contribution in [0.1, 0.15) is 28.9 Å². The molecule has 0 aliphatic carbocycles. The number of para-hydroxylation sites is 1. The van der Waals surface area contributed by atoms with Gasteiger partial charge in [0.1, 0.15) is 11.5 Å². The van der Waals surface area contributed by atoms with E-state index in [1.807, 2.05) is 0 Å². The molecule has 0 heterocycles. The van der Waals surface area contributed by atoms with E-state index in [1.165, 1.54) is 66.7 Å². The number of nitro groups is 1. The first-order valence-corrected chi connectivity index (χ1v) is 13.7. The summed E-state index contributed by atoms with van der Waals surface area (Å²) in [6.07, 6.45) is 0. The van der Waals surface area contributed by atoms with E-state index < -0.39 is 26.9 Å². The van der Waals surface area contributed by atoms with Crippen LogP contribution in [0.4, 0.5) is 11.4 Å². The lowest BCUT2D eigenvalue weighted by Crippen LogP contribution is -2.28. The van der Waals surface area contributed by atoms with E-state index in [4.69, 9.17) is 27.9 Å². The Morgan fingerprint density at radius 2 is 1.62 bits per heavy atom. The molecule has 4 aromatic rings. The highest BCUT2D eigenvalue weighted by atomic mass is 35.5. The largest absolute Gasteiger partial charge is 0.456 e. The third-order valence-electron chi connectivity index (χ3n) is 5.62. The van der Waals surface area contributed by atoms with Gasteiger partial charge in [0.2, 0.25) is 0 Å². The van der Waals surface area contributed by atoms with E-state index in [9.17, 15) is 23.3 Å². The minimum absolute atomic E-state index is 0.00138. The maximum atomic E-state index is 13.1.